The van der Waals surface area contributed by atoms with Gasteiger partial charge in [-0.1, -0.05) is 19.9 Å². The van der Waals surface area contributed by atoms with E-state index in [0.29, 0.717) is 5.92 Å². The number of hydrogen-bond donors (Lipinski definition) is 2. The van der Waals surface area contributed by atoms with Gasteiger partial charge in [-0.05, 0) is 51.2 Å². The Morgan fingerprint density at radius 1 is 1.24 bits per heavy atom. The number of pyridine rings is 1. The highest BCUT2D eigenvalue weighted by Crippen LogP contribution is 2.10. The van der Waals surface area contributed by atoms with Crippen LogP contribution in [0.5, 0.6) is 0 Å². The molecule has 0 aliphatic rings. The number of aliphatic imine (C=N–C) groups is 1. The summed E-state index contributed by atoms with van der Waals surface area (Å²) in [6, 6.07) is 4.18. The molecule has 0 spiro atoms. The quantitative estimate of drug-likeness (QED) is 0.317. The summed E-state index contributed by atoms with van der Waals surface area (Å²) in [5.41, 5.74) is 2.29. The van der Waals surface area contributed by atoms with Gasteiger partial charge in [-0.15, -0.1) is 24.0 Å². The van der Waals surface area contributed by atoms with Crippen LogP contribution < -0.4 is 10.6 Å². The maximum atomic E-state index is 5.78. The van der Waals surface area contributed by atoms with Gasteiger partial charge >= 0.3 is 0 Å². The fourth-order valence-corrected chi connectivity index (χ4v) is 2.44. The van der Waals surface area contributed by atoms with Gasteiger partial charge in [-0.2, -0.15) is 0 Å². The fourth-order valence-electron chi connectivity index (χ4n) is 2.44. The molecule has 0 aliphatic heterocycles. The van der Waals surface area contributed by atoms with Gasteiger partial charge in [-0.3, -0.25) is 9.98 Å². The van der Waals surface area contributed by atoms with Gasteiger partial charge < -0.3 is 15.4 Å². The Bertz CT molecular complexity index is 477. The van der Waals surface area contributed by atoms with E-state index in [9.17, 15) is 0 Å². The van der Waals surface area contributed by atoms with E-state index in [1.165, 1.54) is 5.56 Å². The lowest BCUT2D eigenvalue weighted by Gasteiger charge is -2.20. The van der Waals surface area contributed by atoms with Crippen LogP contribution in [0.1, 0.15) is 45.4 Å². The number of rotatable bonds is 10. The number of guanidine groups is 1. The third kappa shape index (κ3) is 10.6. The maximum Gasteiger partial charge on any atom is 0.191 e. The minimum atomic E-state index is 0. The van der Waals surface area contributed by atoms with Gasteiger partial charge in [0.15, 0.2) is 5.96 Å². The van der Waals surface area contributed by atoms with Crippen LogP contribution in [0.2, 0.25) is 0 Å². The average molecular weight is 462 g/mol. The highest BCUT2D eigenvalue weighted by Gasteiger charge is 2.12. The summed E-state index contributed by atoms with van der Waals surface area (Å²) in [5.74, 6) is 1.39. The fraction of sp³-hybridized carbons (Fsp3) is 0.684. The van der Waals surface area contributed by atoms with Crippen LogP contribution in [-0.2, 0) is 11.2 Å². The highest BCUT2D eigenvalue weighted by atomic mass is 127. The van der Waals surface area contributed by atoms with Crippen molar-refractivity contribution < 1.29 is 4.74 Å². The van der Waals surface area contributed by atoms with E-state index in [2.05, 4.69) is 53.5 Å². The van der Waals surface area contributed by atoms with Gasteiger partial charge in [-0.25, -0.2) is 0 Å². The number of hydrogen-bond acceptors (Lipinski definition) is 3. The first-order chi connectivity index (χ1) is 11.6. The number of nitrogens with one attached hydrogen (secondary N) is 2. The van der Waals surface area contributed by atoms with Crippen molar-refractivity contribution in [3.05, 3.63) is 29.6 Å². The number of nitrogens with zero attached hydrogens (tertiary/aromatic N) is 2. The summed E-state index contributed by atoms with van der Waals surface area (Å²) in [7, 11) is 0. The van der Waals surface area contributed by atoms with E-state index < -0.39 is 0 Å². The minimum Gasteiger partial charge on any atom is -0.378 e. The Labute approximate surface area is 170 Å². The van der Waals surface area contributed by atoms with Crippen molar-refractivity contribution in [2.75, 3.05) is 26.2 Å². The van der Waals surface area contributed by atoms with Crippen LogP contribution >= 0.6 is 24.0 Å². The Morgan fingerprint density at radius 2 is 2.00 bits per heavy atom. The molecule has 0 aromatic carbocycles. The number of aryl methyl sites for hydroxylation is 1. The number of halogens is 1. The topological polar surface area (TPSA) is 58.5 Å². The van der Waals surface area contributed by atoms with Crippen molar-refractivity contribution in [2.24, 2.45) is 10.9 Å². The van der Waals surface area contributed by atoms with E-state index in [0.717, 1.165) is 50.7 Å². The van der Waals surface area contributed by atoms with Crippen molar-refractivity contribution >= 4 is 29.9 Å². The second-order valence-electron chi connectivity index (χ2n) is 6.27. The normalized spacial score (nSPS) is 12.6. The molecule has 1 atom stereocenters. The van der Waals surface area contributed by atoms with Crippen LogP contribution in [0.3, 0.4) is 0 Å². The molecule has 0 amide bonds. The summed E-state index contributed by atoms with van der Waals surface area (Å²) < 4.78 is 5.78. The van der Waals surface area contributed by atoms with Gasteiger partial charge in [0.2, 0.25) is 0 Å². The SMILES string of the molecule is CCNC(=NCCC(OCC)C(C)C)NCCc1ccc(C)nc1.I. The molecule has 25 heavy (non-hydrogen) atoms. The predicted molar refractivity (Wildman–Crippen MR) is 117 cm³/mol. The maximum absolute atomic E-state index is 5.78. The largest absolute Gasteiger partial charge is 0.378 e. The smallest absolute Gasteiger partial charge is 0.191 e. The Balaban J connectivity index is 0.00000576. The van der Waals surface area contributed by atoms with Gasteiger partial charge in [0.1, 0.15) is 0 Å². The molecule has 1 unspecified atom stereocenters. The zero-order valence-corrected chi connectivity index (χ0v) is 18.7. The lowest BCUT2D eigenvalue weighted by molar-refractivity contribution is 0.0266. The first-order valence-electron chi connectivity index (χ1n) is 9.12. The van der Waals surface area contributed by atoms with Crippen molar-refractivity contribution in [1.29, 1.82) is 0 Å². The van der Waals surface area contributed by atoms with Crippen LogP contribution in [-0.4, -0.2) is 43.3 Å². The molecule has 0 fully saturated rings. The molecule has 0 aliphatic carbocycles. The third-order valence-corrected chi connectivity index (χ3v) is 3.83. The van der Waals surface area contributed by atoms with E-state index in [1.807, 2.05) is 20.0 Å². The monoisotopic (exact) mass is 462 g/mol. The van der Waals surface area contributed by atoms with Crippen LogP contribution in [0.15, 0.2) is 23.3 Å². The van der Waals surface area contributed by atoms with Crippen molar-refractivity contribution in [1.82, 2.24) is 15.6 Å². The summed E-state index contributed by atoms with van der Waals surface area (Å²) >= 11 is 0. The summed E-state index contributed by atoms with van der Waals surface area (Å²) in [5, 5.41) is 6.68. The second kappa shape index (κ2) is 14.3. The Kier molecular flexibility index (Phi) is 13.8. The molecule has 0 radical (unpaired) electrons. The van der Waals surface area contributed by atoms with E-state index in [4.69, 9.17) is 4.74 Å². The molecule has 1 heterocycles. The molecular weight excluding hydrogens is 427 g/mol. The third-order valence-electron chi connectivity index (χ3n) is 3.83. The molecule has 0 bridgehead atoms. The van der Waals surface area contributed by atoms with Crippen LogP contribution in [0, 0.1) is 12.8 Å². The van der Waals surface area contributed by atoms with Gasteiger partial charge in [0, 0.05) is 38.1 Å². The lowest BCUT2D eigenvalue weighted by atomic mass is 10.0. The average Bonchev–Trinajstić information content (AvgIpc) is 2.55. The molecule has 1 rings (SSSR count). The standard InChI is InChI=1S/C19H34N4O.HI/c1-6-20-19(22-13-11-18(15(3)4)24-7-2)21-12-10-17-9-8-16(5)23-14-17;/h8-9,14-15,18H,6-7,10-13H2,1-5H3,(H2,20,21,22);1H. The summed E-state index contributed by atoms with van der Waals surface area (Å²) in [4.78, 5) is 8.99. The van der Waals surface area contributed by atoms with Gasteiger partial charge in [0.25, 0.3) is 0 Å². The number of aromatic nitrogens is 1. The van der Waals surface area contributed by atoms with Crippen molar-refractivity contribution in [3.8, 4) is 0 Å². The molecule has 1 aromatic heterocycles. The van der Waals surface area contributed by atoms with Crippen LogP contribution in [0.25, 0.3) is 0 Å². The predicted octanol–water partition coefficient (Wildman–Crippen LogP) is 3.56. The minimum absolute atomic E-state index is 0. The first kappa shape index (κ1) is 24.1. The molecule has 1 aromatic rings. The molecule has 0 saturated heterocycles. The highest BCUT2D eigenvalue weighted by molar-refractivity contribution is 14.0. The molecule has 5 nitrogen and oxygen atoms in total. The van der Waals surface area contributed by atoms with E-state index >= 15 is 0 Å². The van der Waals surface area contributed by atoms with E-state index in [-0.39, 0.29) is 30.1 Å². The molecule has 6 heteroatoms. The number of ether oxygens (including phenoxy) is 1. The lowest BCUT2D eigenvalue weighted by Crippen LogP contribution is -2.38. The van der Waals surface area contributed by atoms with E-state index in [1.54, 1.807) is 0 Å². The zero-order chi connectivity index (χ0) is 17.8. The summed E-state index contributed by atoms with van der Waals surface area (Å²) in [6.45, 7) is 13.8. The Hall–Kier alpha value is -0.890. The van der Waals surface area contributed by atoms with Crippen molar-refractivity contribution in [2.45, 2.75) is 53.6 Å². The van der Waals surface area contributed by atoms with Crippen molar-refractivity contribution in [3.63, 3.8) is 0 Å². The molecule has 0 saturated carbocycles. The Morgan fingerprint density at radius 3 is 2.56 bits per heavy atom. The summed E-state index contributed by atoms with van der Waals surface area (Å²) in [6.07, 6.45) is 4.10. The first-order valence-corrected chi connectivity index (χ1v) is 9.12. The molecule has 144 valence electrons. The van der Waals surface area contributed by atoms with Gasteiger partial charge in [0.05, 0.1) is 6.10 Å². The zero-order valence-electron chi connectivity index (χ0n) is 16.3. The molecular formula is C19H35IN4O. The second-order valence-corrected chi connectivity index (χ2v) is 6.27. The van der Waals surface area contributed by atoms with Crippen LogP contribution in [0.4, 0.5) is 0 Å². The molecule has 2 N–H and O–H groups in total.